The number of rotatable bonds is 6. The van der Waals surface area contributed by atoms with E-state index in [0.717, 1.165) is 12.1 Å². The Kier molecular flexibility index (Phi) is 5.90. The lowest BCUT2D eigenvalue weighted by atomic mass is 9.99. The minimum atomic E-state index is -4.78. The van der Waals surface area contributed by atoms with Crippen molar-refractivity contribution in [1.82, 2.24) is 5.32 Å². The van der Waals surface area contributed by atoms with Gasteiger partial charge in [-0.1, -0.05) is 12.1 Å². The lowest BCUT2D eigenvalue weighted by Gasteiger charge is -2.21. The summed E-state index contributed by atoms with van der Waals surface area (Å²) in [6.07, 6.45) is -3.39. The van der Waals surface area contributed by atoms with E-state index in [9.17, 15) is 22.4 Å². The first-order valence-corrected chi connectivity index (χ1v) is 6.18. The standard InChI is InChI=1S/C14H15F4NO2/c1-3-7-19-12(13(20)21-4-2)10-6-5-9(15)8-11(10)14(16,17)18/h3,5-6,8,12,19H,1,4,7H2,2H3. The molecule has 1 N–H and O–H groups in total. The van der Waals surface area contributed by atoms with Crippen molar-refractivity contribution in [3.8, 4) is 0 Å². The van der Waals surface area contributed by atoms with Gasteiger partial charge in [0.25, 0.3) is 0 Å². The maximum Gasteiger partial charge on any atom is 0.416 e. The van der Waals surface area contributed by atoms with Crippen molar-refractivity contribution < 1.29 is 27.1 Å². The smallest absolute Gasteiger partial charge is 0.416 e. The van der Waals surface area contributed by atoms with Gasteiger partial charge in [0.05, 0.1) is 12.2 Å². The van der Waals surface area contributed by atoms with Crippen molar-refractivity contribution >= 4 is 5.97 Å². The van der Waals surface area contributed by atoms with E-state index in [1.807, 2.05) is 0 Å². The van der Waals surface area contributed by atoms with Crippen LogP contribution < -0.4 is 5.32 Å². The van der Waals surface area contributed by atoms with Crippen molar-refractivity contribution in [3.63, 3.8) is 0 Å². The van der Waals surface area contributed by atoms with Gasteiger partial charge in [0.15, 0.2) is 0 Å². The fourth-order valence-corrected chi connectivity index (χ4v) is 1.77. The number of ether oxygens (including phenoxy) is 1. The average molecular weight is 305 g/mol. The van der Waals surface area contributed by atoms with Crippen molar-refractivity contribution in [2.75, 3.05) is 13.2 Å². The fraction of sp³-hybridized carbons (Fsp3) is 0.357. The molecule has 0 saturated heterocycles. The molecule has 1 aromatic rings. The third-order valence-electron chi connectivity index (χ3n) is 2.62. The maximum absolute atomic E-state index is 13.1. The Balaban J connectivity index is 3.29. The molecule has 3 nitrogen and oxygen atoms in total. The molecule has 1 atom stereocenters. The third-order valence-corrected chi connectivity index (χ3v) is 2.62. The summed E-state index contributed by atoms with van der Waals surface area (Å²) in [6, 6.07) is 0.805. The summed E-state index contributed by atoms with van der Waals surface area (Å²) >= 11 is 0. The molecule has 1 rings (SSSR count). The maximum atomic E-state index is 13.1. The Hall–Kier alpha value is -1.89. The number of carbonyl (C=O) groups excluding carboxylic acids is 1. The van der Waals surface area contributed by atoms with Crippen LogP contribution in [-0.4, -0.2) is 19.1 Å². The molecular formula is C14H15F4NO2. The van der Waals surface area contributed by atoms with E-state index < -0.39 is 29.6 Å². The summed E-state index contributed by atoms with van der Waals surface area (Å²) in [4.78, 5) is 11.8. The Morgan fingerprint density at radius 3 is 2.67 bits per heavy atom. The lowest BCUT2D eigenvalue weighted by Crippen LogP contribution is -2.32. The fourth-order valence-electron chi connectivity index (χ4n) is 1.77. The highest BCUT2D eigenvalue weighted by Gasteiger charge is 2.37. The van der Waals surface area contributed by atoms with Gasteiger partial charge in [0.1, 0.15) is 11.9 Å². The molecule has 0 aliphatic heterocycles. The van der Waals surface area contributed by atoms with Gasteiger partial charge >= 0.3 is 12.1 Å². The highest BCUT2D eigenvalue weighted by atomic mass is 19.4. The molecule has 7 heteroatoms. The number of hydrogen-bond acceptors (Lipinski definition) is 3. The van der Waals surface area contributed by atoms with Crippen molar-refractivity contribution in [2.24, 2.45) is 0 Å². The largest absolute Gasteiger partial charge is 0.465 e. The van der Waals surface area contributed by atoms with Crippen LogP contribution >= 0.6 is 0 Å². The minimum absolute atomic E-state index is 0.0215. The van der Waals surface area contributed by atoms with Crippen LogP contribution in [0.5, 0.6) is 0 Å². The van der Waals surface area contributed by atoms with Crippen molar-refractivity contribution in [2.45, 2.75) is 19.1 Å². The van der Waals surface area contributed by atoms with Gasteiger partial charge in [0, 0.05) is 6.54 Å². The monoisotopic (exact) mass is 305 g/mol. The van der Waals surface area contributed by atoms with Crippen LogP contribution in [-0.2, 0) is 15.7 Å². The second-order valence-corrected chi connectivity index (χ2v) is 4.11. The van der Waals surface area contributed by atoms with Crippen molar-refractivity contribution in [1.29, 1.82) is 0 Å². The minimum Gasteiger partial charge on any atom is -0.465 e. The summed E-state index contributed by atoms with van der Waals surface area (Å²) in [5, 5.41) is 2.59. The molecule has 0 heterocycles. The number of esters is 1. The topological polar surface area (TPSA) is 38.3 Å². The number of nitrogens with one attached hydrogen (secondary N) is 1. The van der Waals surface area contributed by atoms with Crippen LogP contribution in [0.15, 0.2) is 30.9 Å². The third kappa shape index (κ3) is 4.56. The zero-order valence-electron chi connectivity index (χ0n) is 11.3. The Morgan fingerprint density at radius 2 is 2.14 bits per heavy atom. The summed E-state index contributed by atoms with van der Waals surface area (Å²) in [7, 11) is 0. The predicted octanol–water partition coefficient (Wildman–Crippen LogP) is 3.22. The number of benzene rings is 1. The quantitative estimate of drug-likeness (QED) is 0.498. The summed E-state index contributed by atoms with van der Waals surface area (Å²) in [5.74, 6) is -1.89. The van der Waals surface area contributed by atoms with Gasteiger partial charge < -0.3 is 4.74 Å². The first kappa shape index (κ1) is 17.2. The first-order valence-electron chi connectivity index (χ1n) is 6.18. The van der Waals surface area contributed by atoms with Crippen LogP contribution in [0.2, 0.25) is 0 Å². The van der Waals surface area contributed by atoms with Crippen molar-refractivity contribution in [3.05, 3.63) is 47.8 Å². The van der Waals surface area contributed by atoms with Gasteiger partial charge in [-0.15, -0.1) is 6.58 Å². The van der Waals surface area contributed by atoms with Gasteiger partial charge in [-0.05, 0) is 24.6 Å². The molecule has 0 spiro atoms. The molecule has 0 aromatic heterocycles. The van der Waals surface area contributed by atoms with Crippen LogP contribution in [0.3, 0.4) is 0 Å². The number of hydrogen-bond donors (Lipinski definition) is 1. The Labute approximate surface area is 119 Å². The molecule has 0 amide bonds. The number of alkyl halides is 3. The first-order chi connectivity index (χ1) is 9.81. The van der Waals surface area contributed by atoms with Gasteiger partial charge in [-0.25, -0.2) is 9.18 Å². The highest BCUT2D eigenvalue weighted by molar-refractivity contribution is 5.78. The molecule has 116 valence electrons. The van der Waals surface area contributed by atoms with Crippen LogP contribution in [0, 0.1) is 5.82 Å². The predicted molar refractivity (Wildman–Crippen MR) is 69.0 cm³/mol. The molecule has 0 saturated carbocycles. The SMILES string of the molecule is C=CCNC(C(=O)OCC)c1ccc(F)cc1C(F)(F)F. The number of carbonyl (C=O) groups is 1. The Morgan fingerprint density at radius 1 is 1.48 bits per heavy atom. The highest BCUT2D eigenvalue weighted by Crippen LogP contribution is 2.35. The molecule has 1 unspecified atom stereocenters. The second kappa shape index (κ2) is 7.21. The molecule has 0 aliphatic carbocycles. The van der Waals surface area contributed by atoms with E-state index in [1.165, 1.54) is 13.0 Å². The normalized spacial score (nSPS) is 12.8. The van der Waals surface area contributed by atoms with Gasteiger partial charge in [-0.3, -0.25) is 5.32 Å². The number of halogens is 4. The molecule has 0 fully saturated rings. The zero-order chi connectivity index (χ0) is 16.0. The average Bonchev–Trinajstić information content (AvgIpc) is 2.39. The summed E-state index contributed by atoms with van der Waals surface area (Å²) in [6.45, 7) is 5.08. The van der Waals surface area contributed by atoms with E-state index in [4.69, 9.17) is 4.74 Å². The van der Waals surface area contributed by atoms with Crippen LogP contribution in [0.4, 0.5) is 17.6 Å². The zero-order valence-corrected chi connectivity index (χ0v) is 11.3. The van der Waals surface area contributed by atoms with E-state index in [2.05, 4.69) is 11.9 Å². The summed E-state index contributed by atoms with van der Waals surface area (Å²) < 4.78 is 56.8. The van der Waals surface area contributed by atoms with Crippen LogP contribution in [0.25, 0.3) is 0 Å². The van der Waals surface area contributed by atoms with E-state index in [-0.39, 0.29) is 18.7 Å². The molecule has 1 aromatic carbocycles. The van der Waals surface area contributed by atoms with Gasteiger partial charge in [-0.2, -0.15) is 13.2 Å². The van der Waals surface area contributed by atoms with Gasteiger partial charge in [0.2, 0.25) is 0 Å². The second-order valence-electron chi connectivity index (χ2n) is 4.11. The van der Waals surface area contributed by atoms with Crippen LogP contribution in [0.1, 0.15) is 24.1 Å². The summed E-state index contributed by atoms with van der Waals surface area (Å²) in [5.41, 5.74) is -1.60. The molecular weight excluding hydrogens is 290 g/mol. The van der Waals surface area contributed by atoms with E-state index in [0.29, 0.717) is 6.07 Å². The molecule has 0 bridgehead atoms. The molecule has 0 radical (unpaired) electrons. The Bertz CT molecular complexity index is 514. The van der Waals surface area contributed by atoms with E-state index in [1.54, 1.807) is 0 Å². The lowest BCUT2D eigenvalue weighted by molar-refractivity contribution is -0.147. The van der Waals surface area contributed by atoms with E-state index >= 15 is 0 Å². The molecule has 0 aliphatic rings. The molecule has 21 heavy (non-hydrogen) atoms.